The van der Waals surface area contributed by atoms with Crippen molar-refractivity contribution in [1.29, 1.82) is 0 Å². The number of rotatable bonds is 3. The van der Waals surface area contributed by atoms with Crippen LogP contribution in [0.1, 0.15) is 24.0 Å². The zero-order chi connectivity index (χ0) is 13.9. The van der Waals surface area contributed by atoms with Gasteiger partial charge in [-0.05, 0) is 43.4 Å². The minimum Gasteiger partial charge on any atom is -0.384 e. The number of hydrogen-bond donors (Lipinski definition) is 1. The van der Waals surface area contributed by atoms with E-state index in [0.717, 1.165) is 31.1 Å². The van der Waals surface area contributed by atoms with E-state index in [0.29, 0.717) is 24.8 Å². The molecule has 0 aliphatic carbocycles. The van der Waals surface area contributed by atoms with Gasteiger partial charge in [0.2, 0.25) is 0 Å². The van der Waals surface area contributed by atoms with E-state index < -0.39 is 11.7 Å². The molecule has 19 heavy (non-hydrogen) atoms. The van der Waals surface area contributed by atoms with Crippen LogP contribution in [-0.4, -0.2) is 19.8 Å². The first-order valence-corrected chi connectivity index (χ1v) is 6.46. The van der Waals surface area contributed by atoms with Gasteiger partial charge in [0, 0.05) is 18.8 Å². The van der Waals surface area contributed by atoms with Gasteiger partial charge in [0.05, 0.1) is 12.2 Å². The summed E-state index contributed by atoms with van der Waals surface area (Å²) in [5.41, 5.74) is 0.769. The third-order valence-corrected chi connectivity index (χ3v) is 3.40. The number of benzene rings is 1. The van der Waals surface area contributed by atoms with E-state index >= 15 is 0 Å². The van der Waals surface area contributed by atoms with E-state index in [2.05, 4.69) is 5.32 Å². The molecule has 1 aromatic rings. The minimum absolute atomic E-state index is 0.377. The Bertz CT molecular complexity index is 425. The van der Waals surface area contributed by atoms with E-state index in [1.165, 1.54) is 12.1 Å². The average Bonchev–Trinajstić information content (AvgIpc) is 2.37. The van der Waals surface area contributed by atoms with Gasteiger partial charge in [0.1, 0.15) is 0 Å². The van der Waals surface area contributed by atoms with Gasteiger partial charge in [-0.1, -0.05) is 6.07 Å². The molecule has 2 nitrogen and oxygen atoms in total. The fourth-order valence-corrected chi connectivity index (χ4v) is 2.21. The van der Waals surface area contributed by atoms with Crippen LogP contribution < -0.4 is 5.32 Å². The van der Waals surface area contributed by atoms with Crippen molar-refractivity contribution in [3.63, 3.8) is 0 Å². The quantitative estimate of drug-likeness (QED) is 0.903. The maximum Gasteiger partial charge on any atom is 0.416 e. The number of ether oxygens (including phenoxy) is 1. The molecule has 0 bridgehead atoms. The highest BCUT2D eigenvalue weighted by molar-refractivity contribution is 5.53. The molecule has 0 amide bonds. The van der Waals surface area contributed by atoms with E-state index in [9.17, 15) is 13.2 Å². The Labute approximate surface area is 111 Å². The summed E-state index contributed by atoms with van der Waals surface area (Å²) in [4.78, 5) is 0. The lowest BCUT2D eigenvalue weighted by atomic mass is 10.0. The van der Waals surface area contributed by atoms with Crippen LogP contribution in [0.25, 0.3) is 0 Å². The number of hydrogen-bond acceptors (Lipinski definition) is 2. The molecule has 1 fully saturated rings. The van der Waals surface area contributed by atoms with E-state index in [1.54, 1.807) is 6.92 Å². The third-order valence-electron chi connectivity index (χ3n) is 3.40. The van der Waals surface area contributed by atoms with Crippen LogP contribution in [-0.2, 0) is 10.9 Å². The first kappa shape index (κ1) is 14.2. The lowest BCUT2D eigenvalue weighted by Gasteiger charge is -2.23. The second-order valence-corrected chi connectivity index (χ2v) is 4.99. The monoisotopic (exact) mass is 273 g/mol. The van der Waals surface area contributed by atoms with Crippen molar-refractivity contribution in [2.45, 2.75) is 25.9 Å². The summed E-state index contributed by atoms with van der Waals surface area (Å²) >= 11 is 0. The average molecular weight is 273 g/mol. The lowest BCUT2D eigenvalue weighted by molar-refractivity contribution is -0.137. The first-order chi connectivity index (χ1) is 8.97. The second-order valence-electron chi connectivity index (χ2n) is 4.99. The molecular formula is C14H18F3NO. The molecule has 106 valence electrons. The SMILES string of the molecule is Cc1ccc(C(F)(F)F)cc1NCC1CCCOC1. The smallest absolute Gasteiger partial charge is 0.384 e. The van der Waals surface area contributed by atoms with Crippen LogP contribution >= 0.6 is 0 Å². The molecule has 1 atom stereocenters. The van der Waals surface area contributed by atoms with Crippen molar-refractivity contribution in [3.05, 3.63) is 29.3 Å². The Morgan fingerprint density at radius 2 is 2.16 bits per heavy atom. The van der Waals surface area contributed by atoms with Gasteiger partial charge in [0.15, 0.2) is 0 Å². The highest BCUT2D eigenvalue weighted by Gasteiger charge is 2.30. The zero-order valence-corrected chi connectivity index (χ0v) is 10.9. The molecule has 1 aromatic carbocycles. The zero-order valence-electron chi connectivity index (χ0n) is 10.9. The van der Waals surface area contributed by atoms with Gasteiger partial charge in [0.25, 0.3) is 0 Å². The molecule has 0 aromatic heterocycles. The summed E-state index contributed by atoms with van der Waals surface area (Å²) in [7, 11) is 0. The Morgan fingerprint density at radius 3 is 2.79 bits per heavy atom. The largest absolute Gasteiger partial charge is 0.416 e. The summed E-state index contributed by atoms with van der Waals surface area (Å²) < 4.78 is 43.3. The lowest BCUT2D eigenvalue weighted by Crippen LogP contribution is -2.24. The Balaban J connectivity index is 2.02. The van der Waals surface area contributed by atoms with Gasteiger partial charge in [-0.3, -0.25) is 0 Å². The van der Waals surface area contributed by atoms with Crippen molar-refractivity contribution in [2.24, 2.45) is 5.92 Å². The molecule has 1 N–H and O–H groups in total. The molecule has 1 unspecified atom stereocenters. The summed E-state index contributed by atoms with van der Waals surface area (Å²) in [6.07, 6.45) is -2.21. The van der Waals surface area contributed by atoms with E-state index in [-0.39, 0.29) is 0 Å². The molecule has 0 spiro atoms. The highest BCUT2D eigenvalue weighted by Crippen LogP contribution is 2.32. The Kier molecular flexibility index (Phi) is 4.34. The fraction of sp³-hybridized carbons (Fsp3) is 0.571. The van der Waals surface area contributed by atoms with Crippen molar-refractivity contribution in [2.75, 3.05) is 25.1 Å². The normalized spacial score (nSPS) is 20.3. The van der Waals surface area contributed by atoms with Crippen molar-refractivity contribution >= 4 is 5.69 Å². The van der Waals surface area contributed by atoms with Crippen LogP contribution in [0.4, 0.5) is 18.9 Å². The Hall–Kier alpha value is -1.23. The predicted molar refractivity (Wildman–Crippen MR) is 68.2 cm³/mol. The van der Waals surface area contributed by atoms with Crippen LogP contribution in [0.15, 0.2) is 18.2 Å². The topological polar surface area (TPSA) is 21.3 Å². The maximum absolute atomic E-state index is 12.6. The number of anilines is 1. The number of aryl methyl sites for hydroxylation is 1. The van der Waals surface area contributed by atoms with Gasteiger partial charge in [-0.25, -0.2) is 0 Å². The Morgan fingerprint density at radius 1 is 1.37 bits per heavy atom. The van der Waals surface area contributed by atoms with Crippen LogP contribution in [0.2, 0.25) is 0 Å². The van der Waals surface area contributed by atoms with Crippen LogP contribution in [0, 0.1) is 12.8 Å². The summed E-state index contributed by atoms with van der Waals surface area (Å²) in [5, 5.41) is 3.12. The highest BCUT2D eigenvalue weighted by atomic mass is 19.4. The van der Waals surface area contributed by atoms with Gasteiger partial charge in [-0.2, -0.15) is 13.2 Å². The third kappa shape index (κ3) is 3.86. The molecule has 1 heterocycles. The number of nitrogens with one attached hydrogen (secondary N) is 1. The maximum atomic E-state index is 12.6. The van der Waals surface area contributed by atoms with Crippen molar-refractivity contribution in [1.82, 2.24) is 0 Å². The fourth-order valence-electron chi connectivity index (χ4n) is 2.21. The molecule has 2 rings (SSSR count). The minimum atomic E-state index is -4.29. The molecule has 0 saturated carbocycles. The second kappa shape index (κ2) is 5.82. The molecule has 5 heteroatoms. The molecular weight excluding hydrogens is 255 g/mol. The standard InChI is InChI=1S/C14H18F3NO/c1-10-4-5-12(14(15,16)17)7-13(10)18-8-11-3-2-6-19-9-11/h4-5,7,11,18H,2-3,6,8-9H2,1H3. The van der Waals surface area contributed by atoms with Crippen LogP contribution in [0.5, 0.6) is 0 Å². The summed E-state index contributed by atoms with van der Waals surface area (Å²) in [5.74, 6) is 0.377. The summed E-state index contributed by atoms with van der Waals surface area (Å²) in [6, 6.07) is 3.80. The summed E-state index contributed by atoms with van der Waals surface area (Å²) in [6.45, 7) is 3.94. The molecule has 0 radical (unpaired) electrons. The molecule has 1 saturated heterocycles. The van der Waals surface area contributed by atoms with Crippen molar-refractivity contribution in [3.8, 4) is 0 Å². The van der Waals surface area contributed by atoms with Gasteiger partial charge >= 0.3 is 6.18 Å². The number of alkyl halides is 3. The molecule has 1 aliphatic rings. The van der Waals surface area contributed by atoms with E-state index in [4.69, 9.17) is 4.74 Å². The van der Waals surface area contributed by atoms with E-state index in [1.807, 2.05) is 0 Å². The van der Waals surface area contributed by atoms with Gasteiger partial charge in [-0.15, -0.1) is 0 Å². The molecule has 1 aliphatic heterocycles. The van der Waals surface area contributed by atoms with Crippen LogP contribution in [0.3, 0.4) is 0 Å². The number of halogens is 3. The predicted octanol–water partition coefficient (Wildman–Crippen LogP) is 3.85. The van der Waals surface area contributed by atoms with Crippen molar-refractivity contribution < 1.29 is 17.9 Å². The van der Waals surface area contributed by atoms with Gasteiger partial charge < -0.3 is 10.1 Å². The first-order valence-electron chi connectivity index (χ1n) is 6.46.